The molecule has 1 aliphatic carbocycles. The fourth-order valence-corrected chi connectivity index (χ4v) is 8.67. The Kier molecular flexibility index (Phi) is 5.68. The largest absolute Gasteiger partial charge is 0.381 e. The predicted octanol–water partition coefficient (Wildman–Crippen LogP) is 10.4. The second-order valence-electron chi connectivity index (χ2n) is 15.1. The molecule has 1 unspecified atom stereocenters. The van der Waals surface area contributed by atoms with E-state index in [1.807, 2.05) is 0 Å². The molecule has 0 fully saturated rings. The van der Waals surface area contributed by atoms with Crippen molar-refractivity contribution in [2.75, 3.05) is 0 Å². The number of benzene rings is 5. The molecule has 3 heterocycles. The van der Waals surface area contributed by atoms with Crippen molar-refractivity contribution in [1.29, 1.82) is 0 Å². The molecule has 1 atom stereocenters. The summed E-state index contributed by atoms with van der Waals surface area (Å²) in [4.78, 5) is 0. The fourth-order valence-electron chi connectivity index (χ4n) is 8.67. The van der Waals surface area contributed by atoms with Crippen LogP contribution in [0.15, 0.2) is 116 Å². The minimum absolute atomic E-state index is 0.0400. The molecular formula is C45H40N2+2. The minimum Gasteiger partial charge on any atom is -0.132 e. The van der Waals surface area contributed by atoms with Crippen LogP contribution in [0.4, 0.5) is 0 Å². The third-order valence-electron chi connectivity index (χ3n) is 11.1. The van der Waals surface area contributed by atoms with Crippen molar-refractivity contribution in [3.8, 4) is 22.4 Å². The van der Waals surface area contributed by atoms with Crippen LogP contribution in [0.3, 0.4) is 0 Å². The summed E-state index contributed by atoms with van der Waals surface area (Å²) in [6.07, 6.45) is 6.66. The number of hydrogen-bond acceptors (Lipinski definition) is 0. The van der Waals surface area contributed by atoms with Gasteiger partial charge in [-0.25, -0.2) is 0 Å². The van der Waals surface area contributed by atoms with E-state index in [0.717, 1.165) is 0 Å². The maximum atomic E-state index is 4.37. The summed E-state index contributed by atoms with van der Waals surface area (Å²) in [5.41, 5.74) is 14.3. The van der Waals surface area contributed by atoms with Crippen molar-refractivity contribution in [1.82, 2.24) is 0 Å². The number of aromatic nitrogens is 2. The van der Waals surface area contributed by atoms with E-state index in [1.54, 1.807) is 0 Å². The Balaban J connectivity index is 1.43. The van der Waals surface area contributed by atoms with E-state index >= 15 is 0 Å². The van der Waals surface area contributed by atoms with Crippen molar-refractivity contribution < 1.29 is 9.13 Å². The van der Waals surface area contributed by atoms with Crippen LogP contribution in [0.5, 0.6) is 0 Å². The van der Waals surface area contributed by atoms with Crippen molar-refractivity contribution in [3.05, 3.63) is 149 Å². The average Bonchev–Trinajstić information content (AvgIpc) is 3.51. The molecule has 2 aliphatic rings. The van der Waals surface area contributed by atoms with E-state index in [-0.39, 0.29) is 17.0 Å². The monoisotopic (exact) mass is 608 g/mol. The molecule has 5 aromatic carbocycles. The predicted molar refractivity (Wildman–Crippen MR) is 196 cm³/mol. The zero-order valence-electron chi connectivity index (χ0n) is 28.1. The highest BCUT2D eigenvalue weighted by atomic mass is 15.2. The Morgan fingerprint density at radius 3 is 2.26 bits per heavy atom. The summed E-state index contributed by atoms with van der Waals surface area (Å²) in [6.45, 7) is 18.3. The first-order valence-corrected chi connectivity index (χ1v) is 16.8. The maximum absolute atomic E-state index is 4.37. The average molecular weight is 609 g/mol. The summed E-state index contributed by atoms with van der Waals surface area (Å²) >= 11 is 0. The molecule has 7 aromatic rings. The van der Waals surface area contributed by atoms with Gasteiger partial charge in [0.1, 0.15) is 5.56 Å². The summed E-state index contributed by atoms with van der Waals surface area (Å²) in [7, 11) is 0. The smallest absolute Gasteiger partial charge is 0.132 e. The quantitative estimate of drug-likeness (QED) is 0.139. The molecule has 0 bridgehead atoms. The molecule has 0 radical (unpaired) electrons. The van der Waals surface area contributed by atoms with Crippen LogP contribution in [0.25, 0.3) is 60.9 Å². The first-order chi connectivity index (χ1) is 22.6. The maximum Gasteiger partial charge on any atom is 0.381 e. The number of nitrogens with zero attached hydrogens (tertiary/aromatic N) is 2. The summed E-state index contributed by atoms with van der Waals surface area (Å²) in [6, 6.07) is 36.5. The van der Waals surface area contributed by atoms with Crippen LogP contribution in [0, 0.1) is 6.92 Å². The van der Waals surface area contributed by atoms with Gasteiger partial charge in [-0.2, -0.15) is 0 Å². The van der Waals surface area contributed by atoms with Gasteiger partial charge in [-0.3, -0.25) is 0 Å². The zero-order valence-corrected chi connectivity index (χ0v) is 28.1. The Bertz CT molecular complexity index is 2490. The molecular weight excluding hydrogens is 569 g/mol. The van der Waals surface area contributed by atoms with E-state index < -0.39 is 0 Å². The van der Waals surface area contributed by atoms with Gasteiger partial charge >= 0.3 is 6.17 Å². The molecule has 2 heteroatoms. The van der Waals surface area contributed by atoms with Gasteiger partial charge in [-0.1, -0.05) is 108 Å². The highest BCUT2D eigenvalue weighted by Gasteiger charge is 2.46. The lowest BCUT2D eigenvalue weighted by Crippen LogP contribution is -2.56. The molecule has 47 heavy (non-hydrogen) atoms. The lowest BCUT2D eigenvalue weighted by Gasteiger charge is -2.22. The zero-order chi connectivity index (χ0) is 32.4. The van der Waals surface area contributed by atoms with Crippen molar-refractivity contribution in [2.45, 2.75) is 58.5 Å². The minimum atomic E-state index is -0.0781. The van der Waals surface area contributed by atoms with Gasteiger partial charge in [0.15, 0.2) is 12.4 Å². The summed E-state index contributed by atoms with van der Waals surface area (Å²) in [5.74, 6) is 0. The molecule has 0 amide bonds. The van der Waals surface area contributed by atoms with Crippen LogP contribution in [0.2, 0.25) is 0 Å². The Hall–Kier alpha value is -5.08. The van der Waals surface area contributed by atoms with Crippen molar-refractivity contribution >= 4 is 38.5 Å². The fraction of sp³-hybridized carbons (Fsp3) is 0.200. The van der Waals surface area contributed by atoms with Gasteiger partial charge in [0.25, 0.3) is 0 Å². The second-order valence-corrected chi connectivity index (χ2v) is 15.1. The van der Waals surface area contributed by atoms with Crippen molar-refractivity contribution in [2.24, 2.45) is 0 Å². The van der Waals surface area contributed by atoms with E-state index in [1.165, 1.54) is 88.2 Å². The van der Waals surface area contributed by atoms with Crippen molar-refractivity contribution in [3.63, 3.8) is 0 Å². The SMILES string of the molecule is C=Cc1c(C)cc2c3c4c(cccc4c4ccc[n+](C5c6ccc(-c7ccccc7)cc6-c6cc(C(C)(C)C)cc[n+]65)c4c13)C2(C)C. The highest BCUT2D eigenvalue weighted by Crippen LogP contribution is 2.52. The molecule has 1 aliphatic heterocycles. The Labute approximate surface area is 277 Å². The van der Waals surface area contributed by atoms with Gasteiger partial charge < -0.3 is 0 Å². The number of hydrogen-bond donors (Lipinski definition) is 0. The van der Waals surface area contributed by atoms with E-state index in [2.05, 4.69) is 173 Å². The van der Waals surface area contributed by atoms with Gasteiger partial charge in [0.2, 0.25) is 11.2 Å². The van der Waals surface area contributed by atoms with Gasteiger partial charge in [-0.15, -0.1) is 9.13 Å². The van der Waals surface area contributed by atoms with Crippen LogP contribution >= 0.6 is 0 Å². The Morgan fingerprint density at radius 2 is 1.49 bits per heavy atom. The number of aryl methyl sites for hydroxylation is 1. The number of rotatable bonds is 3. The second kappa shape index (κ2) is 9.48. The van der Waals surface area contributed by atoms with Crippen LogP contribution < -0.4 is 9.13 Å². The normalized spacial score (nSPS) is 15.9. The van der Waals surface area contributed by atoms with Crippen LogP contribution in [-0.4, -0.2) is 0 Å². The third kappa shape index (κ3) is 3.73. The molecule has 9 rings (SSSR count). The first kappa shape index (κ1) is 28.2. The standard InChI is InChI=1S/C45H40N2/c1-8-31-27(2)24-37-41-39-32(16-12-18-36(39)45(37,6)7)33-17-13-22-47(42(33)40(31)41)43-34-20-19-29(28-14-10-9-11-15-28)25-35(34)38-26-30(44(3,4)5)21-23-46(38)43/h8-26,43H,1H2,2-7H3/q+2. The molecule has 0 saturated heterocycles. The number of fused-ring (bicyclic) bond motifs is 6. The van der Waals surface area contributed by atoms with Gasteiger partial charge in [0.05, 0.1) is 16.3 Å². The molecule has 2 aromatic heterocycles. The molecule has 2 nitrogen and oxygen atoms in total. The first-order valence-electron chi connectivity index (χ1n) is 16.8. The molecule has 228 valence electrons. The number of pyridine rings is 2. The molecule has 0 saturated carbocycles. The van der Waals surface area contributed by atoms with Gasteiger partial charge in [0, 0.05) is 29.0 Å². The molecule has 0 spiro atoms. The summed E-state index contributed by atoms with van der Waals surface area (Å²) in [5, 5.41) is 6.73. The highest BCUT2D eigenvalue weighted by molar-refractivity contribution is 6.29. The van der Waals surface area contributed by atoms with E-state index in [0.29, 0.717) is 0 Å². The van der Waals surface area contributed by atoms with Crippen LogP contribution in [-0.2, 0) is 10.8 Å². The third-order valence-corrected chi connectivity index (χ3v) is 11.1. The van der Waals surface area contributed by atoms with E-state index in [4.69, 9.17) is 0 Å². The van der Waals surface area contributed by atoms with E-state index in [9.17, 15) is 0 Å². The van der Waals surface area contributed by atoms with Crippen LogP contribution in [0.1, 0.15) is 74.2 Å². The topological polar surface area (TPSA) is 7.76 Å². The summed E-state index contributed by atoms with van der Waals surface area (Å²) < 4.78 is 5.04. The molecule has 0 N–H and O–H groups in total. The lowest BCUT2D eigenvalue weighted by molar-refractivity contribution is -0.914. The lowest BCUT2D eigenvalue weighted by atomic mass is 9.80. The Morgan fingerprint density at radius 1 is 0.702 bits per heavy atom. The van der Waals surface area contributed by atoms with Gasteiger partial charge in [-0.05, 0) is 80.3 Å².